The van der Waals surface area contributed by atoms with Gasteiger partial charge >= 0.3 is 0 Å². The lowest BCUT2D eigenvalue weighted by molar-refractivity contribution is 0.383. The molecule has 0 spiro atoms. The molecule has 1 atom stereocenters. The van der Waals surface area contributed by atoms with Crippen LogP contribution in [-0.2, 0) is 13.0 Å². The highest BCUT2D eigenvalue weighted by Crippen LogP contribution is 2.30. The fraction of sp³-hybridized carbons (Fsp3) is 0.750. The molecule has 15 heavy (non-hydrogen) atoms. The Morgan fingerprint density at radius 3 is 3.00 bits per heavy atom. The minimum Gasteiger partial charge on any atom is -0.329 e. The van der Waals surface area contributed by atoms with Crippen LogP contribution in [0.4, 0.5) is 0 Å². The smallest absolute Gasteiger partial charge is 0.106 e. The summed E-state index contributed by atoms with van der Waals surface area (Å²) in [4.78, 5) is 4.68. The predicted octanol–water partition coefficient (Wildman–Crippen LogP) is 2.20. The van der Waals surface area contributed by atoms with Crippen molar-refractivity contribution >= 4 is 0 Å². The Morgan fingerprint density at radius 2 is 2.33 bits per heavy atom. The number of aryl methyl sites for hydroxylation is 1. The van der Waals surface area contributed by atoms with Gasteiger partial charge in [0.1, 0.15) is 5.82 Å². The van der Waals surface area contributed by atoms with Gasteiger partial charge in [-0.3, -0.25) is 0 Å². The molecule has 3 nitrogen and oxygen atoms in total. The fourth-order valence-electron chi connectivity index (χ4n) is 2.73. The van der Waals surface area contributed by atoms with Crippen LogP contribution < -0.4 is 5.32 Å². The molecule has 1 unspecified atom stereocenters. The molecule has 0 radical (unpaired) electrons. The number of hydrogen-bond acceptors (Lipinski definition) is 2. The molecule has 0 amide bonds. The lowest BCUT2D eigenvalue weighted by atomic mass is 9.99. The average molecular weight is 207 g/mol. The maximum atomic E-state index is 4.68. The molecular weight excluding hydrogens is 186 g/mol. The first-order chi connectivity index (χ1) is 7.27. The van der Waals surface area contributed by atoms with Gasteiger partial charge in [0.15, 0.2) is 0 Å². The summed E-state index contributed by atoms with van der Waals surface area (Å²) in [6, 6.07) is 0.687. The van der Waals surface area contributed by atoms with Crippen molar-refractivity contribution in [3.8, 4) is 0 Å². The van der Waals surface area contributed by atoms with E-state index in [9.17, 15) is 0 Å². The van der Waals surface area contributed by atoms with Crippen molar-refractivity contribution in [2.45, 2.75) is 52.1 Å². The zero-order valence-electron chi connectivity index (χ0n) is 10.0. The summed E-state index contributed by atoms with van der Waals surface area (Å²) in [5.74, 6) is 1.20. The lowest BCUT2D eigenvalue weighted by Gasteiger charge is -2.26. The third-order valence-electron chi connectivity index (χ3n) is 3.40. The molecule has 0 fully saturated rings. The van der Waals surface area contributed by atoms with E-state index in [1.165, 1.54) is 42.9 Å². The molecule has 3 heteroatoms. The van der Waals surface area contributed by atoms with Crippen LogP contribution >= 0.6 is 0 Å². The Balaban J connectivity index is 2.39. The van der Waals surface area contributed by atoms with Gasteiger partial charge < -0.3 is 9.88 Å². The molecule has 1 N–H and O–H groups in total. The van der Waals surface area contributed by atoms with Gasteiger partial charge in [0.05, 0.1) is 5.69 Å². The number of hydrogen-bond donors (Lipinski definition) is 1. The molecule has 0 saturated carbocycles. The minimum atomic E-state index is 0.687. The van der Waals surface area contributed by atoms with Crippen molar-refractivity contribution in [2.75, 3.05) is 7.05 Å². The van der Waals surface area contributed by atoms with Crippen molar-refractivity contribution in [3.05, 3.63) is 17.2 Å². The van der Waals surface area contributed by atoms with Gasteiger partial charge in [0.25, 0.3) is 0 Å². The Hall–Kier alpha value is -0.830. The second-order valence-corrected chi connectivity index (χ2v) is 4.41. The van der Waals surface area contributed by atoms with E-state index >= 15 is 0 Å². The first-order valence-electron chi connectivity index (χ1n) is 5.99. The van der Waals surface area contributed by atoms with Crippen molar-refractivity contribution in [1.29, 1.82) is 0 Å². The molecule has 1 aromatic rings. The summed E-state index contributed by atoms with van der Waals surface area (Å²) < 4.78 is 2.47. The molecule has 0 aliphatic carbocycles. The summed E-state index contributed by atoms with van der Waals surface area (Å²) in [6.07, 6.45) is 5.07. The quantitative estimate of drug-likeness (QED) is 0.823. The van der Waals surface area contributed by atoms with Gasteiger partial charge in [-0.25, -0.2) is 4.98 Å². The van der Waals surface area contributed by atoms with Crippen LogP contribution in [0, 0.1) is 6.92 Å². The van der Waals surface area contributed by atoms with E-state index in [4.69, 9.17) is 0 Å². The van der Waals surface area contributed by atoms with E-state index in [1.807, 2.05) is 7.05 Å². The number of nitrogens with zero attached hydrogens (tertiary/aromatic N) is 2. The Kier molecular flexibility index (Phi) is 3.10. The van der Waals surface area contributed by atoms with E-state index in [-0.39, 0.29) is 0 Å². The fourth-order valence-corrected chi connectivity index (χ4v) is 2.73. The Bertz CT molecular complexity index is 341. The summed E-state index contributed by atoms with van der Waals surface area (Å²) in [7, 11) is 1.99. The first kappa shape index (κ1) is 10.7. The molecule has 2 rings (SSSR count). The topological polar surface area (TPSA) is 29.9 Å². The SMILES string of the molecule is CCC1CCCc2c(CNC)nc(C)n21. The maximum absolute atomic E-state index is 4.68. The van der Waals surface area contributed by atoms with E-state index in [1.54, 1.807) is 0 Å². The van der Waals surface area contributed by atoms with Crippen LogP contribution in [0.2, 0.25) is 0 Å². The standard InChI is InChI=1S/C12H21N3/c1-4-10-6-5-7-12-11(8-13-3)14-9(2)15(10)12/h10,13H,4-8H2,1-3H3. The number of aromatic nitrogens is 2. The van der Waals surface area contributed by atoms with Crippen LogP contribution in [0.1, 0.15) is 49.4 Å². The molecule has 0 aromatic carbocycles. The first-order valence-corrected chi connectivity index (χ1v) is 5.99. The molecule has 1 aromatic heterocycles. The summed E-state index contributed by atoms with van der Waals surface area (Å²) in [6.45, 7) is 5.31. The third-order valence-corrected chi connectivity index (χ3v) is 3.40. The van der Waals surface area contributed by atoms with E-state index in [0.717, 1.165) is 6.54 Å². The third kappa shape index (κ3) is 1.81. The average Bonchev–Trinajstić information content (AvgIpc) is 2.57. The highest BCUT2D eigenvalue weighted by atomic mass is 15.1. The van der Waals surface area contributed by atoms with Gasteiger partial charge in [-0.1, -0.05) is 6.92 Å². The Labute approximate surface area is 91.9 Å². The van der Waals surface area contributed by atoms with Crippen molar-refractivity contribution in [2.24, 2.45) is 0 Å². The zero-order chi connectivity index (χ0) is 10.8. The van der Waals surface area contributed by atoms with Crippen LogP contribution in [0.15, 0.2) is 0 Å². The highest BCUT2D eigenvalue weighted by Gasteiger charge is 2.23. The van der Waals surface area contributed by atoms with Gasteiger partial charge in [-0.05, 0) is 39.7 Å². The number of nitrogens with one attached hydrogen (secondary N) is 1. The number of rotatable bonds is 3. The lowest BCUT2D eigenvalue weighted by Crippen LogP contribution is -2.19. The molecule has 84 valence electrons. The molecular formula is C12H21N3. The van der Waals surface area contributed by atoms with Crippen LogP contribution in [0.5, 0.6) is 0 Å². The zero-order valence-corrected chi connectivity index (χ0v) is 10.0. The second kappa shape index (κ2) is 4.35. The molecule has 0 saturated heterocycles. The van der Waals surface area contributed by atoms with Crippen molar-refractivity contribution < 1.29 is 0 Å². The summed E-state index contributed by atoms with van der Waals surface area (Å²) in [5, 5.41) is 3.20. The van der Waals surface area contributed by atoms with Crippen LogP contribution in [0.25, 0.3) is 0 Å². The van der Waals surface area contributed by atoms with Gasteiger partial charge in [-0.15, -0.1) is 0 Å². The Morgan fingerprint density at radius 1 is 1.53 bits per heavy atom. The largest absolute Gasteiger partial charge is 0.329 e. The van der Waals surface area contributed by atoms with Crippen molar-refractivity contribution in [1.82, 2.24) is 14.9 Å². The number of imidazole rings is 1. The monoisotopic (exact) mass is 207 g/mol. The number of fused-ring (bicyclic) bond motifs is 1. The van der Waals surface area contributed by atoms with E-state index in [0.29, 0.717) is 6.04 Å². The van der Waals surface area contributed by atoms with Crippen LogP contribution in [0.3, 0.4) is 0 Å². The van der Waals surface area contributed by atoms with Gasteiger partial charge in [0.2, 0.25) is 0 Å². The highest BCUT2D eigenvalue weighted by molar-refractivity contribution is 5.20. The van der Waals surface area contributed by atoms with E-state index < -0.39 is 0 Å². The molecule has 2 heterocycles. The van der Waals surface area contributed by atoms with Crippen LogP contribution in [-0.4, -0.2) is 16.6 Å². The van der Waals surface area contributed by atoms with E-state index in [2.05, 4.69) is 28.7 Å². The molecule has 1 aliphatic heterocycles. The molecule has 1 aliphatic rings. The van der Waals surface area contributed by atoms with Crippen molar-refractivity contribution in [3.63, 3.8) is 0 Å². The predicted molar refractivity (Wildman–Crippen MR) is 62.0 cm³/mol. The normalized spacial score (nSPS) is 20.3. The maximum Gasteiger partial charge on any atom is 0.106 e. The van der Waals surface area contributed by atoms with Gasteiger partial charge in [-0.2, -0.15) is 0 Å². The van der Waals surface area contributed by atoms with Gasteiger partial charge in [0, 0.05) is 18.3 Å². The summed E-state index contributed by atoms with van der Waals surface area (Å²) >= 11 is 0. The molecule has 0 bridgehead atoms. The summed E-state index contributed by atoms with van der Waals surface area (Å²) in [5.41, 5.74) is 2.73. The minimum absolute atomic E-state index is 0.687. The second-order valence-electron chi connectivity index (χ2n) is 4.41.